The zero-order valence-corrected chi connectivity index (χ0v) is 12.0. The Morgan fingerprint density at radius 2 is 1.75 bits per heavy atom. The molecule has 0 saturated carbocycles. The van der Waals surface area contributed by atoms with Gasteiger partial charge in [-0.1, -0.05) is 0 Å². The van der Waals surface area contributed by atoms with Crippen LogP contribution in [0.2, 0.25) is 0 Å². The Kier molecular flexibility index (Phi) is 3.33. The molecule has 0 aliphatic heterocycles. The number of hydrogen-bond acceptors (Lipinski definition) is 2. The lowest BCUT2D eigenvalue weighted by atomic mass is 10.2. The molecule has 20 heavy (non-hydrogen) atoms. The molecular formula is C14H7F3INO. The molecule has 0 bridgehead atoms. The van der Waals surface area contributed by atoms with Gasteiger partial charge in [-0.15, -0.1) is 0 Å². The summed E-state index contributed by atoms with van der Waals surface area (Å²) in [5.41, 5.74) is 0.0806. The van der Waals surface area contributed by atoms with E-state index in [9.17, 15) is 13.2 Å². The van der Waals surface area contributed by atoms with E-state index in [4.69, 9.17) is 4.42 Å². The molecule has 0 fully saturated rings. The number of hydrogen-bond donors (Lipinski definition) is 1. The van der Waals surface area contributed by atoms with E-state index in [0.717, 1.165) is 0 Å². The van der Waals surface area contributed by atoms with Crippen LogP contribution in [0.3, 0.4) is 0 Å². The Morgan fingerprint density at radius 1 is 0.950 bits per heavy atom. The van der Waals surface area contributed by atoms with E-state index in [1.807, 2.05) is 22.6 Å². The highest BCUT2D eigenvalue weighted by atomic mass is 127. The van der Waals surface area contributed by atoms with Crippen LogP contribution >= 0.6 is 22.6 Å². The molecule has 3 rings (SSSR count). The van der Waals surface area contributed by atoms with Crippen LogP contribution in [0.4, 0.5) is 24.5 Å². The molecule has 0 radical (unpaired) electrons. The van der Waals surface area contributed by atoms with Crippen molar-refractivity contribution >= 4 is 44.9 Å². The van der Waals surface area contributed by atoms with Gasteiger partial charge in [0, 0.05) is 9.64 Å². The molecule has 2 nitrogen and oxygen atoms in total. The fourth-order valence-corrected chi connectivity index (χ4v) is 2.33. The number of halogens is 4. The lowest BCUT2D eigenvalue weighted by Gasteiger charge is -2.09. The van der Waals surface area contributed by atoms with E-state index in [2.05, 4.69) is 5.32 Å². The molecule has 0 saturated heterocycles. The van der Waals surface area contributed by atoms with E-state index >= 15 is 0 Å². The summed E-state index contributed by atoms with van der Waals surface area (Å²) in [6.45, 7) is 0. The van der Waals surface area contributed by atoms with Gasteiger partial charge in [-0.2, -0.15) is 0 Å². The van der Waals surface area contributed by atoms with Gasteiger partial charge in [0.25, 0.3) is 0 Å². The fourth-order valence-electron chi connectivity index (χ4n) is 1.87. The molecule has 1 N–H and O–H groups in total. The highest BCUT2D eigenvalue weighted by molar-refractivity contribution is 14.1. The summed E-state index contributed by atoms with van der Waals surface area (Å²) in [5.74, 6) is -2.64. The van der Waals surface area contributed by atoms with Crippen molar-refractivity contribution in [2.75, 3.05) is 5.32 Å². The second kappa shape index (κ2) is 5.01. The smallest absolute Gasteiger partial charge is 0.183 e. The van der Waals surface area contributed by atoms with Crippen molar-refractivity contribution in [3.05, 3.63) is 57.6 Å². The van der Waals surface area contributed by atoms with Crippen LogP contribution in [-0.4, -0.2) is 0 Å². The molecule has 0 unspecified atom stereocenters. The quantitative estimate of drug-likeness (QED) is 0.610. The summed E-state index contributed by atoms with van der Waals surface area (Å²) < 4.78 is 47.2. The van der Waals surface area contributed by atoms with Gasteiger partial charge < -0.3 is 9.73 Å². The minimum atomic E-state index is -1.07. The normalized spacial score (nSPS) is 11.0. The minimum Gasteiger partial charge on any atom is -0.464 e. The van der Waals surface area contributed by atoms with Gasteiger partial charge >= 0.3 is 0 Å². The van der Waals surface area contributed by atoms with Crippen molar-refractivity contribution in [2.45, 2.75) is 0 Å². The van der Waals surface area contributed by atoms with Crippen LogP contribution in [-0.2, 0) is 0 Å². The summed E-state index contributed by atoms with van der Waals surface area (Å²) in [7, 11) is 0. The van der Waals surface area contributed by atoms with Gasteiger partial charge in [0.15, 0.2) is 11.6 Å². The third-order valence-corrected chi connectivity index (χ3v) is 3.51. The second-order valence-corrected chi connectivity index (χ2v) is 5.38. The Hall–Kier alpha value is -1.70. The van der Waals surface area contributed by atoms with Crippen molar-refractivity contribution in [1.82, 2.24) is 0 Å². The average Bonchev–Trinajstić information content (AvgIpc) is 2.87. The Morgan fingerprint density at radius 3 is 2.50 bits per heavy atom. The molecule has 2 aromatic carbocycles. The first-order chi connectivity index (χ1) is 9.56. The van der Waals surface area contributed by atoms with Crippen LogP contribution in [0.5, 0.6) is 0 Å². The summed E-state index contributed by atoms with van der Waals surface area (Å²) in [5, 5.41) is 2.59. The van der Waals surface area contributed by atoms with Crippen LogP contribution < -0.4 is 5.32 Å². The Bertz CT molecular complexity index is 800. The highest BCUT2D eigenvalue weighted by Crippen LogP contribution is 2.30. The molecule has 0 aliphatic rings. The van der Waals surface area contributed by atoms with Gasteiger partial charge in [-0.25, -0.2) is 13.2 Å². The maximum atomic E-state index is 13.9. The molecule has 1 aromatic heterocycles. The zero-order chi connectivity index (χ0) is 14.3. The lowest BCUT2D eigenvalue weighted by molar-refractivity contribution is 0.518. The van der Waals surface area contributed by atoms with Crippen molar-refractivity contribution in [3.8, 4) is 0 Å². The molecular weight excluding hydrogens is 382 g/mol. The van der Waals surface area contributed by atoms with E-state index in [1.165, 1.54) is 30.5 Å². The topological polar surface area (TPSA) is 25.2 Å². The lowest BCUT2D eigenvalue weighted by Crippen LogP contribution is -1.99. The molecule has 6 heteroatoms. The average molecular weight is 389 g/mol. The number of furan rings is 1. The maximum absolute atomic E-state index is 13.9. The molecule has 1 heterocycles. The summed E-state index contributed by atoms with van der Waals surface area (Å²) in [4.78, 5) is 0. The highest BCUT2D eigenvalue weighted by Gasteiger charge is 2.16. The van der Waals surface area contributed by atoms with E-state index in [-0.39, 0.29) is 22.3 Å². The molecule has 0 atom stereocenters. The first kappa shape index (κ1) is 13.3. The fraction of sp³-hybridized carbons (Fsp3) is 0. The largest absolute Gasteiger partial charge is 0.464 e. The van der Waals surface area contributed by atoms with Gasteiger partial charge in [0.1, 0.15) is 11.4 Å². The van der Waals surface area contributed by atoms with Crippen LogP contribution in [0, 0.1) is 21.0 Å². The molecule has 0 aliphatic carbocycles. The Balaban J connectivity index is 2.08. The van der Waals surface area contributed by atoms with Crippen molar-refractivity contribution in [1.29, 1.82) is 0 Å². The van der Waals surface area contributed by atoms with Crippen molar-refractivity contribution in [3.63, 3.8) is 0 Å². The van der Waals surface area contributed by atoms with Gasteiger partial charge in [-0.3, -0.25) is 0 Å². The van der Waals surface area contributed by atoms with E-state index < -0.39 is 17.5 Å². The third kappa shape index (κ3) is 2.24. The Labute approximate surface area is 125 Å². The standard InChI is InChI=1S/C14H7F3INO/c15-9-5-7(18)1-2-10(9)19-11-6-12-8(3-4-20-12)13(16)14(11)17/h1-6,19H. The van der Waals surface area contributed by atoms with Crippen LogP contribution in [0.25, 0.3) is 11.0 Å². The third-order valence-electron chi connectivity index (χ3n) is 2.84. The van der Waals surface area contributed by atoms with E-state index in [1.54, 1.807) is 6.07 Å². The molecule has 0 spiro atoms. The monoisotopic (exact) mass is 389 g/mol. The predicted octanol–water partition coefficient (Wildman–Crippen LogP) is 5.20. The summed E-state index contributed by atoms with van der Waals surface area (Å²) >= 11 is 1.96. The number of nitrogens with one attached hydrogen (secondary N) is 1. The SMILES string of the molecule is Fc1cc(I)ccc1Nc1cc2occc2c(F)c1F. The molecule has 102 valence electrons. The summed E-state index contributed by atoms with van der Waals surface area (Å²) in [6.07, 6.45) is 1.27. The first-order valence-electron chi connectivity index (χ1n) is 5.63. The maximum Gasteiger partial charge on any atom is 0.183 e. The minimum absolute atomic E-state index is 0.0520. The number of fused-ring (bicyclic) bond motifs is 1. The van der Waals surface area contributed by atoms with Gasteiger partial charge in [-0.05, 0) is 46.9 Å². The van der Waals surface area contributed by atoms with Crippen molar-refractivity contribution < 1.29 is 17.6 Å². The zero-order valence-electron chi connectivity index (χ0n) is 9.88. The predicted molar refractivity (Wildman–Crippen MR) is 78.5 cm³/mol. The second-order valence-electron chi connectivity index (χ2n) is 4.13. The van der Waals surface area contributed by atoms with Crippen LogP contribution in [0.1, 0.15) is 0 Å². The van der Waals surface area contributed by atoms with Crippen LogP contribution in [0.15, 0.2) is 41.0 Å². The van der Waals surface area contributed by atoms with Crippen molar-refractivity contribution in [2.24, 2.45) is 0 Å². The van der Waals surface area contributed by atoms with Gasteiger partial charge in [0.05, 0.1) is 23.0 Å². The number of anilines is 2. The number of benzene rings is 2. The summed E-state index contributed by atoms with van der Waals surface area (Å²) in [6, 6.07) is 7.04. The first-order valence-corrected chi connectivity index (χ1v) is 6.71. The number of rotatable bonds is 2. The van der Waals surface area contributed by atoms with E-state index in [0.29, 0.717) is 3.57 Å². The van der Waals surface area contributed by atoms with Gasteiger partial charge in [0.2, 0.25) is 0 Å². The molecule has 0 amide bonds. The molecule has 3 aromatic rings.